The number of hydrogen-bond acceptors (Lipinski definition) is 7. The summed E-state index contributed by atoms with van der Waals surface area (Å²) in [7, 11) is 0.805. The highest BCUT2D eigenvalue weighted by Crippen LogP contribution is 2.33. The summed E-state index contributed by atoms with van der Waals surface area (Å²) < 4.78 is 48.3. The first kappa shape index (κ1) is 20.2. The van der Waals surface area contributed by atoms with E-state index in [1.807, 2.05) is 0 Å². The molecule has 0 amide bonds. The maximum atomic E-state index is 12.7. The number of hydrogen-bond donors (Lipinski definition) is 0. The molecule has 3 rings (SSSR count). The monoisotopic (exact) mass is 448 g/mol. The van der Waals surface area contributed by atoms with E-state index in [0.29, 0.717) is 33.8 Å². The Bertz CT molecular complexity index is 1130. The predicted molar refractivity (Wildman–Crippen MR) is 107 cm³/mol. The molecule has 0 aliphatic carbocycles. The molecule has 146 valence electrons. The van der Waals surface area contributed by atoms with Crippen LogP contribution >= 0.6 is 34.3 Å². The average Bonchev–Trinajstić information content (AvgIpc) is 3.22. The van der Waals surface area contributed by atoms with Gasteiger partial charge in [0, 0.05) is 25.8 Å². The third-order valence-corrected chi connectivity index (χ3v) is 7.83. The van der Waals surface area contributed by atoms with Gasteiger partial charge in [-0.25, -0.2) is 0 Å². The Labute approximate surface area is 169 Å². The van der Waals surface area contributed by atoms with E-state index in [1.165, 1.54) is 23.5 Å². The van der Waals surface area contributed by atoms with Gasteiger partial charge in [0.1, 0.15) is 4.21 Å². The quantitative estimate of drug-likeness (QED) is 0.553. The highest BCUT2D eigenvalue weighted by Gasteiger charge is 2.18. The van der Waals surface area contributed by atoms with E-state index in [4.69, 9.17) is 25.8 Å². The van der Waals surface area contributed by atoms with E-state index in [9.17, 15) is 8.42 Å². The zero-order valence-electron chi connectivity index (χ0n) is 14.8. The number of halogens is 1. The highest BCUT2D eigenvalue weighted by molar-refractivity contribution is 7.92. The number of nitrogens with zero attached hydrogens (tertiary/aromatic N) is 2. The second-order valence-corrected chi connectivity index (χ2v) is 9.88. The summed E-state index contributed by atoms with van der Waals surface area (Å²) in [5, 5.41) is 0. The number of methoxy groups -OCH3 is 3. The minimum absolute atomic E-state index is 0.0957. The van der Waals surface area contributed by atoms with E-state index in [0.717, 1.165) is 21.6 Å². The van der Waals surface area contributed by atoms with E-state index in [2.05, 4.69) is 4.40 Å². The van der Waals surface area contributed by atoms with Crippen molar-refractivity contribution in [2.24, 2.45) is 4.40 Å². The number of thiazole rings is 1. The van der Waals surface area contributed by atoms with E-state index < -0.39 is 10.0 Å². The summed E-state index contributed by atoms with van der Waals surface area (Å²) in [5.41, 5.74) is 0.785. The van der Waals surface area contributed by atoms with Gasteiger partial charge in [-0.15, -0.1) is 15.7 Å². The minimum Gasteiger partial charge on any atom is -0.493 e. The Morgan fingerprint density at radius 1 is 1.11 bits per heavy atom. The Kier molecular flexibility index (Phi) is 6.11. The van der Waals surface area contributed by atoms with Crippen LogP contribution in [0, 0.1) is 0 Å². The van der Waals surface area contributed by atoms with Crippen LogP contribution in [0.25, 0.3) is 10.2 Å². The van der Waals surface area contributed by atoms with Crippen molar-refractivity contribution >= 4 is 54.5 Å². The van der Waals surface area contributed by atoms with E-state index >= 15 is 0 Å². The van der Waals surface area contributed by atoms with Crippen molar-refractivity contribution < 1.29 is 22.6 Å². The maximum Gasteiger partial charge on any atom is 0.294 e. The molecule has 11 heteroatoms. The fourth-order valence-corrected chi connectivity index (χ4v) is 6.18. The second kappa shape index (κ2) is 8.19. The van der Waals surface area contributed by atoms with Crippen LogP contribution in [0.5, 0.6) is 11.5 Å². The summed E-state index contributed by atoms with van der Waals surface area (Å²) in [6, 6.07) is 6.59. The lowest BCUT2D eigenvalue weighted by Gasteiger charge is -2.09. The fourth-order valence-electron chi connectivity index (χ4n) is 2.45. The van der Waals surface area contributed by atoms with E-state index in [1.54, 1.807) is 38.0 Å². The van der Waals surface area contributed by atoms with E-state index in [-0.39, 0.29) is 4.21 Å². The highest BCUT2D eigenvalue weighted by atomic mass is 35.5. The van der Waals surface area contributed by atoms with Crippen molar-refractivity contribution in [3.05, 3.63) is 33.4 Å². The lowest BCUT2D eigenvalue weighted by atomic mass is 10.3. The number of rotatable bonds is 7. The normalized spacial score (nSPS) is 12.7. The van der Waals surface area contributed by atoms with Crippen molar-refractivity contribution in [2.75, 3.05) is 27.9 Å². The van der Waals surface area contributed by atoms with Gasteiger partial charge in [-0.3, -0.25) is 0 Å². The van der Waals surface area contributed by atoms with Crippen molar-refractivity contribution in [2.45, 2.75) is 10.8 Å². The number of benzene rings is 1. The van der Waals surface area contributed by atoms with Gasteiger partial charge in [0.05, 0.1) is 35.4 Å². The molecule has 0 radical (unpaired) electrons. The largest absolute Gasteiger partial charge is 0.493 e. The van der Waals surface area contributed by atoms with Gasteiger partial charge >= 0.3 is 0 Å². The molecule has 3 aromatic rings. The van der Waals surface area contributed by atoms with Gasteiger partial charge in [0.2, 0.25) is 4.80 Å². The Hall–Kier alpha value is -1.59. The molecule has 0 aliphatic heterocycles. The Balaban J connectivity index is 2.24. The standard InChI is InChI=1S/C16H17ClN2O5S3/c1-22-7-6-19-10-8-11(23-2)12(24-3)9-13(10)25-16(19)18-27(20,21)15-5-4-14(17)26-15/h4-5,8-9H,6-7H2,1-3H3. The lowest BCUT2D eigenvalue weighted by molar-refractivity contribution is 0.187. The summed E-state index contributed by atoms with van der Waals surface area (Å²) in [4.78, 5) is 0.335. The molecule has 0 spiro atoms. The van der Waals surface area contributed by atoms with Crippen molar-refractivity contribution in [3.8, 4) is 11.5 Å². The molecule has 2 heterocycles. The van der Waals surface area contributed by atoms with Gasteiger partial charge in [0.25, 0.3) is 10.0 Å². The Morgan fingerprint density at radius 2 is 1.81 bits per heavy atom. The van der Waals surface area contributed by atoms with Crippen LogP contribution in [-0.2, 0) is 21.3 Å². The predicted octanol–water partition coefficient (Wildman–Crippen LogP) is 3.37. The number of thiophene rings is 1. The molecular weight excluding hydrogens is 432 g/mol. The van der Waals surface area contributed by atoms with Crippen LogP contribution < -0.4 is 14.3 Å². The third-order valence-electron chi connectivity index (χ3n) is 3.71. The second-order valence-electron chi connectivity index (χ2n) is 5.33. The van der Waals surface area contributed by atoms with Crippen LogP contribution in [0.15, 0.2) is 32.9 Å². The molecule has 0 aliphatic rings. The summed E-state index contributed by atoms with van der Waals surface area (Å²) >= 11 is 8.09. The van der Waals surface area contributed by atoms with Crippen molar-refractivity contribution in [3.63, 3.8) is 0 Å². The van der Waals surface area contributed by atoms with Gasteiger partial charge in [-0.1, -0.05) is 22.9 Å². The Morgan fingerprint density at radius 3 is 2.41 bits per heavy atom. The molecule has 0 N–H and O–H groups in total. The molecule has 7 nitrogen and oxygen atoms in total. The van der Waals surface area contributed by atoms with Crippen LogP contribution in [0.2, 0.25) is 4.34 Å². The molecular formula is C16H17ClN2O5S3. The minimum atomic E-state index is -3.87. The topological polar surface area (TPSA) is 79.1 Å². The zero-order chi connectivity index (χ0) is 19.6. The molecule has 0 unspecified atom stereocenters. The van der Waals surface area contributed by atoms with Crippen LogP contribution in [0.3, 0.4) is 0 Å². The number of aromatic nitrogens is 1. The average molecular weight is 449 g/mol. The van der Waals surface area contributed by atoms with Crippen LogP contribution in [0.4, 0.5) is 0 Å². The maximum absolute atomic E-state index is 12.7. The number of ether oxygens (including phenoxy) is 3. The molecule has 0 atom stereocenters. The fraction of sp³-hybridized carbons (Fsp3) is 0.312. The first-order valence-electron chi connectivity index (χ1n) is 7.70. The zero-order valence-corrected chi connectivity index (χ0v) is 18.0. The lowest BCUT2D eigenvalue weighted by Crippen LogP contribution is -2.19. The molecule has 0 saturated carbocycles. The van der Waals surface area contributed by atoms with Crippen molar-refractivity contribution in [1.82, 2.24) is 4.57 Å². The molecule has 2 aromatic heterocycles. The smallest absolute Gasteiger partial charge is 0.294 e. The first-order valence-corrected chi connectivity index (χ1v) is 11.2. The van der Waals surface area contributed by atoms with Crippen LogP contribution in [0.1, 0.15) is 0 Å². The molecule has 0 saturated heterocycles. The first-order chi connectivity index (χ1) is 12.9. The molecule has 0 bridgehead atoms. The molecule has 0 fully saturated rings. The third kappa shape index (κ3) is 4.14. The summed E-state index contributed by atoms with van der Waals surface area (Å²) in [6.45, 7) is 0.837. The summed E-state index contributed by atoms with van der Waals surface area (Å²) in [5.74, 6) is 1.11. The molecule has 27 heavy (non-hydrogen) atoms. The van der Waals surface area contributed by atoms with Crippen LogP contribution in [-0.4, -0.2) is 40.9 Å². The molecule has 1 aromatic carbocycles. The van der Waals surface area contributed by atoms with Gasteiger partial charge < -0.3 is 18.8 Å². The SMILES string of the molecule is COCCn1c(=NS(=O)(=O)c2ccc(Cl)s2)sc2cc(OC)c(OC)cc21. The van der Waals surface area contributed by atoms with Gasteiger partial charge in [-0.05, 0) is 12.1 Å². The number of sulfonamides is 1. The number of fused-ring (bicyclic) bond motifs is 1. The van der Waals surface area contributed by atoms with Gasteiger partial charge in [0.15, 0.2) is 11.5 Å². The van der Waals surface area contributed by atoms with Gasteiger partial charge in [-0.2, -0.15) is 8.42 Å². The summed E-state index contributed by atoms with van der Waals surface area (Å²) in [6.07, 6.45) is 0. The van der Waals surface area contributed by atoms with Crippen molar-refractivity contribution in [1.29, 1.82) is 0 Å².